The molecule has 1 aliphatic rings. The molecule has 8 heteroatoms. The summed E-state index contributed by atoms with van der Waals surface area (Å²) in [4.78, 5) is 20.0. The van der Waals surface area contributed by atoms with Crippen molar-refractivity contribution in [2.24, 2.45) is 0 Å². The molecule has 3 aromatic heterocycles. The van der Waals surface area contributed by atoms with Gasteiger partial charge in [-0.05, 0) is 57.2 Å². The molecule has 148 valence electrons. The highest BCUT2D eigenvalue weighted by Crippen LogP contribution is 2.38. The summed E-state index contributed by atoms with van der Waals surface area (Å²) in [5.74, 6) is 0.798. The number of anilines is 1. The molecule has 6 nitrogen and oxygen atoms in total. The van der Waals surface area contributed by atoms with Gasteiger partial charge in [0.1, 0.15) is 10.7 Å². The first-order chi connectivity index (χ1) is 14.1. The Hall–Kier alpha value is -2.45. The predicted molar refractivity (Wildman–Crippen MR) is 118 cm³/mol. The number of amides is 1. The Kier molecular flexibility index (Phi) is 4.75. The maximum atomic E-state index is 12.6. The van der Waals surface area contributed by atoms with Crippen molar-refractivity contribution < 1.29 is 4.79 Å². The van der Waals surface area contributed by atoms with Crippen LogP contribution in [0.3, 0.4) is 0 Å². The van der Waals surface area contributed by atoms with E-state index in [9.17, 15) is 4.79 Å². The van der Waals surface area contributed by atoms with Gasteiger partial charge in [0.25, 0.3) is 0 Å². The molecule has 4 aromatic rings. The van der Waals surface area contributed by atoms with Crippen molar-refractivity contribution >= 4 is 50.6 Å². The Labute approximate surface area is 176 Å². The largest absolute Gasteiger partial charge is 0.325 e. The number of benzene rings is 1. The van der Waals surface area contributed by atoms with Gasteiger partial charge in [-0.1, -0.05) is 30.0 Å². The van der Waals surface area contributed by atoms with Crippen molar-refractivity contribution in [3.63, 3.8) is 0 Å². The van der Waals surface area contributed by atoms with E-state index < -0.39 is 0 Å². The van der Waals surface area contributed by atoms with Crippen molar-refractivity contribution in [3.05, 3.63) is 46.6 Å². The van der Waals surface area contributed by atoms with Crippen LogP contribution in [0.5, 0.6) is 0 Å². The number of para-hydroxylation sites is 1. The molecule has 1 atom stereocenters. The fraction of sp³-hybridized carbons (Fsp3) is 0.333. The molecule has 3 heterocycles. The summed E-state index contributed by atoms with van der Waals surface area (Å²) in [7, 11) is 0. The van der Waals surface area contributed by atoms with Crippen LogP contribution in [0.15, 0.2) is 35.5 Å². The van der Waals surface area contributed by atoms with E-state index in [1.165, 1.54) is 35.0 Å². The van der Waals surface area contributed by atoms with Gasteiger partial charge in [0.05, 0.1) is 10.6 Å². The summed E-state index contributed by atoms with van der Waals surface area (Å²) in [6, 6.07) is 9.50. The topological polar surface area (TPSA) is 72.2 Å². The first-order valence-electron chi connectivity index (χ1n) is 9.80. The van der Waals surface area contributed by atoms with Crippen LogP contribution in [0.4, 0.5) is 5.69 Å². The Balaban J connectivity index is 1.48. The van der Waals surface area contributed by atoms with Crippen molar-refractivity contribution in [2.75, 3.05) is 5.32 Å². The minimum atomic E-state index is -0.311. The molecule has 1 aliphatic carbocycles. The van der Waals surface area contributed by atoms with E-state index in [2.05, 4.69) is 15.5 Å². The molecular formula is C21H21N5OS2. The number of hydrogen-bond acceptors (Lipinski definition) is 6. The molecule has 0 fully saturated rings. The van der Waals surface area contributed by atoms with Crippen molar-refractivity contribution in [1.82, 2.24) is 19.6 Å². The molecule has 0 bridgehead atoms. The molecule has 0 saturated carbocycles. The number of aromatic nitrogens is 4. The van der Waals surface area contributed by atoms with Crippen LogP contribution in [0.25, 0.3) is 15.9 Å². The standard InChI is InChI=1S/C21H21N5OS2/c1-12(19(27)23-14-8-4-3-5-9-14)28-21-25-24-18-17-15-10-6-7-11-16(15)29-20(17)22-13(2)26(18)21/h3-5,8-9,12H,6-7,10-11H2,1-2H3,(H,23,27). The van der Waals surface area contributed by atoms with Crippen LogP contribution >= 0.6 is 23.1 Å². The third kappa shape index (κ3) is 3.30. The SMILES string of the molecule is Cc1nc2sc3c(c2c2nnc(SC(C)C(=O)Nc4ccccc4)n12)CCCC3. The van der Waals surface area contributed by atoms with Crippen LogP contribution in [-0.4, -0.2) is 30.7 Å². The molecular weight excluding hydrogens is 402 g/mol. The normalized spacial score (nSPS) is 14.8. The van der Waals surface area contributed by atoms with Gasteiger partial charge >= 0.3 is 0 Å². The van der Waals surface area contributed by atoms with E-state index in [1.54, 1.807) is 11.3 Å². The summed E-state index contributed by atoms with van der Waals surface area (Å²) >= 11 is 3.21. The summed E-state index contributed by atoms with van der Waals surface area (Å²) in [6.07, 6.45) is 4.68. The molecule has 0 aliphatic heterocycles. The third-order valence-corrected chi connectivity index (χ3v) is 7.52. The first-order valence-corrected chi connectivity index (χ1v) is 11.5. The van der Waals surface area contributed by atoms with Gasteiger partial charge in [-0.3, -0.25) is 9.20 Å². The van der Waals surface area contributed by atoms with Gasteiger partial charge in [0, 0.05) is 10.6 Å². The maximum Gasteiger partial charge on any atom is 0.237 e. The molecule has 0 radical (unpaired) electrons. The van der Waals surface area contributed by atoms with Crippen LogP contribution < -0.4 is 5.32 Å². The number of nitrogens with zero attached hydrogens (tertiary/aromatic N) is 4. The summed E-state index contributed by atoms with van der Waals surface area (Å²) in [5.41, 5.74) is 3.05. The molecule has 29 heavy (non-hydrogen) atoms. The lowest BCUT2D eigenvalue weighted by atomic mass is 9.97. The van der Waals surface area contributed by atoms with E-state index in [4.69, 9.17) is 4.98 Å². The maximum absolute atomic E-state index is 12.6. The summed E-state index contributed by atoms with van der Waals surface area (Å²) in [5, 5.41) is 13.4. The van der Waals surface area contributed by atoms with Crippen LogP contribution in [0.2, 0.25) is 0 Å². The fourth-order valence-electron chi connectivity index (χ4n) is 3.83. The minimum absolute atomic E-state index is 0.0578. The monoisotopic (exact) mass is 423 g/mol. The number of aryl methyl sites for hydroxylation is 3. The molecule has 0 saturated heterocycles. The minimum Gasteiger partial charge on any atom is -0.325 e. The highest BCUT2D eigenvalue weighted by molar-refractivity contribution is 8.00. The quantitative estimate of drug-likeness (QED) is 0.484. The Bertz CT molecular complexity index is 1210. The van der Waals surface area contributed by atoms with Crippen molar-refractivity contribution in [3.8, 4) is 0 Å². The number of thioether (sulfide) groups is 1. The van der Waals surface area contributed by atoms with Crippen LogP contribution in [0, 0.1) is 6.92 Å². The molecule has 1 amide bonds. The van der Waals surface area contributed by atoms with Crippen LogP contribution in [-0.2, 0) is 17.6 Å². The van der Waals surface area contributed by atoms with Crippen molar-refractivity contribution in [2.45, 2.75) is 49.9 Å². The van der Waals surface area contributed by atoms with Crippen LogP contribution in [0.1, 0.15) is 36.0 Å². The Morgan fingerprint density at radius 3 is 2.83 bits per heavy atom. The Morgan fingerprint density at radius 1 is 1.21 bits per heavy atom. The second-order valence-electron chi connectivity index (χ2n) is 7.31. The number of thiophene rings is 1. The van der Waals surface area contributed by atoms with Crippen molar-refractivity contribution in [1.29, 1.82) is 0 Å². The van der Waals surface area contributed by atoms with E-state index in [0.717, 1.165) is 40.2 Å². The van der Waals surface area contributed by atoms with Gasteiger partial charge in [0.2, 0.25) is 5.91 Å². The van der Waals surface area contributed by atoms with E-state index in [0.29, 0.717) is 5.16 Å². The lowest BCUT2D eigenvalue weighted by molar-refractivity contribution is -0.115. The third-order valence-electron chi connectivity index (χ3n) is 5.29. The summed E-state index contributed by atoms with van der Waals surface area (Å²) in [6.45, 7) is 3.87. The zero-order valence-corrected chi connectivity index (χ0v) is 17.9. The lowest BCUT2D eigenvalue weighted by Crippen LogP contribution is -2.22. The number of hydrogen-bond donors (Lipinski definition) is 1. The van der Waals surface area contributed by atoms with Gasteiger partial charge < -0.3 is 5.32 Å². The van der Waals surface area contributed by atoms with Gasteiger partial charge in [-0.2, -0.15) is 0 Å². The highest BCUT2D eigenvalue weighted by atomic mass is 32.2. The predicted octanol–water partition coefficient (Wildman–Crippen LogP) is 4.65. The highest BCUT2D eigenvalue weighted by Gasteiger charge is 2.24. The number of carbonyl (C=O) groups is 1. The first kappa shape index (κ1) is 18.6. The molecule has 1 unspecified atom stereocenters. The zero-order valence-electron chi connectivity index (χ0n) is 16.3. The van der Waals surface area contributed by atoms with E-state index in [1.807, 2.05) is 48.6 Å². The van der Waals surface area contributed by atoms with E-state index in [-0.39, 0.29) is 11.2 Å². The molecule has 5 rings (SSSR count). The lowest BCUT2D eigenvalue weighted by Gasteiger charge is -2.12. The van der Waals surface area contributed by atoms with Gasteiger partial charge in [0.15, 0.2) is 10.8 Å². The second kappa shape index (κ2) is 7.42. The number of nitrogens with one attached hydrogen (secondary N) is 1. The fourth-order valence-corrected chi connectivity index (χ4v) is 6.03. The second-order valence-corrected chi connectivity index (χ2v) is 9.70. The number of rotatable bonds is 4. The molecule has 0 spiro atoms. The summed E-state index contributed by atoms with van der Waals surface area (Å²) < 4.78 is 2.00. The van der Waals surface area contributed by atoms with Gasteiger partial charge in [-0.15, -0.1) is 21.5 Å². The van der Waals surface area contributed by atoms with Gasteiger partial charge in [-0.25, -0.2) is 4.98 Å². The number of carbonyl (C=O) groups excluding carboxylic acids is 1. The zero-order chi connectivity index (χ0) is 20.0. The molecule has 1 aromatic carbocycles. The smallest absolute Gasteiger partial charge is 0.237 e. The number of fused-ring (bicyclic) bond motifs is 5. The average Bonchev–Trinajstić information content (AvgIpc) is 3.30. The average molecular weight is 424 g/mol. The Morgan fingerprint density at radius 2 is 2.00 bits per heavy atom. The van der Waals surface area contributed by atoms with E-state index >= 15 is 0 Å². The molecule has 1 N–H and O–H groups in total.